The Balaban J connectivity index is 2.09. The summed E-state index contributed by atoms with van der Waals surface area (Å²) < 4.78 is 11.4. The van der Waals surface area contributed by atoms with Crippen molar-refractivity contribution in [3.63, 3.8) is 0 Å². The van der Waals surface area contributed by atoms with E-state index >= 15 is 0 Å². The van der Waals surface area contributed by atoms with Crippen molar-refractivity contribution in [2.75, 3.05) is 31.4 Å². The Hall–Kier alpha value is -2.33. The van der Waals surface area contributed by atoms with Gasteiger partial charge in [-0.2, -0.15) is 0 Å². The van der Waals surface area contributed by atoms with E-state index in [0.717, 1.165) is 4.47 Å². The van der Waals surface area contributed by atoms with E-state index < -0.39 is 10.8 Å². The molecule has 0 saturated heterocycles. The molecule has 2 aromatic rings. The topological polar surface area (TPSA) is 103 Å². The minimum atomic E-state index is -0.585. The Morgan fingerprint density at radius 1 is 1.12 bits per heavy atom. The number of nitrogens with zero attached hydrogens (tertiary/aromatic N) is 1. The number of benzene rings is 2. The lowest BCUT2D eigenvalue weighted by molar-refractivity contribution is -0.384. The highest BCUT2D eigenvalue weighted by atomic mass is 79.9. The first-order chi connectivity index (χ1) is 12.3. The maximum absolute atomic E-state index is 12.2. The third-order valence-corrected chi connectivity index (χ3v) is 4.59. The predicted octanol–water partition coefficient (Wildman–Crippen LogP) is 4.19. The van der Waals surface area contributed by atoms with Crippen LogP contribution in [0.15, 0.2) is 39.3 Å². The molecule has 0 fully saturated rings. The molecule has 0 saturated carbocycles. The van der Waals surface area contributed by atoms with E-state index in [2.05, 4.69) is 42.5 Å². The van der Waals surface area contributed by atoms with Crippen molar-refractivity contribution >= 4 is 54.8 Å². The summed E-state index contributed by atoms with van der Waals surface area (Å²) in [6.07, 6.45) is 0. The average molecular weight is 489 g/mol. The molecule has 0 aromatic heterocycles. The van der Waals surface area contributed by atoms with Crippen LogP contribution in [0.3, 0.4) is 0 Å². The van der Waals surface area contributed by atoms with E-state index in [1.807, 2.05) is 0 Å². The number of carbonyl (C=O) groups is 1. The molecule has 8 nitrogen and oxygen atoms in total. The number of carbonyl (C=O) groups excluding carboxylic acids is 1. The van der Waals surface area contributed by atoms with E-state index in [-0.39, 0.29) is 17.9 Å². The lowest BCUT2D eigenvalue weighted by Crippen LogP contribution is -2.22. The van der Waals surface area contributed by atoms with Gasteiger partial charge in [0.05, 0.1) is 40.7 Å². The van der Waals surface area contributed by atoms with Crippen LogP contribution in [0.5, 0.6) is 11.5 Å². The highest BCUT2D eigenvalue weighted by Gasteiger charge is 2.19. The molecule has 0 unspecified atom stereocenters. The second kappa shape index (κ2) is 8.86. The van der Waals surface area contributed by atoms with Crippen molar-refractivity contribution in [3.8, 4) is 11.5 Å². The van der Waals surface area contributed by atoms with E-state index in [9.17, 15) is 14.9 Å². The summed E-state index contributed by atoms with van der Waals surface area (Å²) in [7, 11) is 2.96. The first-order valence-corrected chi connectivity index (χ1v) is 8.83. The van der Waals surface area contributed by atoms with Gasteiger partial charge >= 0.3 is 0 Å². The summed E-state index contributed by atoms with van der Waals surface area (Å²) in [5.74, 6) is 0.534. The minimum Gasteiger partial charge on any atom is -0.496 e. The smallest absolute Gasteiger partial charge is 0.296 e. The van der Waals surface area contributed by atoms with Crippen LogP contribution in [0.25, 0.3) is 0 Å². The van der Waals surface area contributed by atoms with Crippen molar-refractivity contribution in [1.29, 1.82) is 0 Å². The summed E-state index contributed by atoms with van der Waals surface area (Å²) in [5, 5.41) is 16.7. The van der Waals surface area contributed by atoms with Crippen molar-refractivity contribution in [1.82, 2.24) is 0 Å². The van der Waals surface area contributed by atoms with Crippen LogP contribution in [-0.2, 0) is 4.79 Å². The highest BCUT2D eigenvalue weighted by Crippen LogP contribution is 2.36. The molecule has 2 rings (SSSR count). The maximum Gasteiger partial charge on any atom is 0.296 e. The van der Waals surface area contributed by atoms with Crippen molar-refractivity contribution in [2.24, 2.45) is 0 Å². The van der Waals surface area contributed by atoms with Crippen LogP contribution in [0.4, 0.5) is 17.1 Å². The number of nitro groups is 1. The summed E-state index contributed by atoms with van der Waals surface area (Å²) in [6, 6.07) is 7.93. The van der Waals surface area contributed by atoms with E-state index in [1.165, 1.54) is 19.2 Å². The zero-order valence-electron chi connectivity index (χ0n) is 13.8. The van der Waals surface area contributed by atoms with Gasteiger partial charge in [-0.1, -0.05) is 0 Å². The normalized spacial score (nSPS) is 10.2. The van der Waals surface area contributed by atoms with Gasteiger partial charge in [-0.3, -0.25) is 14.9 Å². The Bertz CT molecular complexity index is 845. The molecule has 0 radical (unpaired) electrons. The summed E-state index contributed by atoms with van der Waals surface area (Å²) in [4.78, 5) is 22.8. The molecule has 0 spiro atoms. The molecule has 0 bridgehead atoms. The summed E-state index contributed by atoms with van der Waals surface area (Å²) >= 11 is 6.60. The second-order valence-corrected chi connectivity index (χ2v) is 6.72. The van der Waals surface area contributed by atoms with Crippen LogP contribution in [0.1, 0.15) is 0 Å². The number of methoxy groups -OCH3 is 2. The highest BCUT2D eigenvalue weighted by molar-refractivity contribution is 9.10. The molecule has 0 heterocycles. The molecule has 138 valence electrons. The maximum atomic E-state index is 12.2. The first-order valence-electron chi connectivity index (χ1n) is 7.25. The number of amides is 1. The van der Waals surface area contributed by atoms with Crippen LogP contribution in [-0.4, -0.2) is 31.6 Å². The number of nitro benzene ring substituents is 1. The van der Waals surface area contributed by atoms with Gasteiger partial charge in [0.25, 0.3) is 5.69 Å². The standard InChI is InChI=1S/C16H15Br2N3O5/c1-25-14-4-3-9(5-10(14)17)19-8-16(22)20-12-6-11(18)15(26-2)7-13(12)21(23)24/h3-7,19H,8H2,1-2H3,(H,20,22). The fraction of sp³-hybridized carbons (Fsp3) is 0.188. The van der Waals surface area contributed by atoms with Crippen molar-refractivity contribution in [2.45, 2.75) is 0 Å². The fourth-order valence-corrected chi connectivity index (χ4v) is 3.15. The van der Waals surface area contributed by atoms with Crippen LogP contribution in [0.2, 0.25) is 0 Å². The van der Waals surface area contributed by atoms with Gasteiger partial charge in [0, 0.05) is 5.69 Å². The third-order valence-electron chi connectivity index (χ3n) is 3.35. The van der Waals surface area contributed by atoms with Gasteiger partial charge in [-0.05, 0) is 56.1 Å². The SMILES string of the molecule is COc1ccc(NCC(=O)Nc2cc(Br)c(OC)cc2[N+](=O)[O-])cc1Br. The van der Waals surface area contributed by atoms with Gasteiger partial charge in [0.15, 0.2) is 0 Å². The number of hydrogen-bond acceptors (Lipinski definition) is 6. The lowest BCUT2D eigenvalue weighted by Gasteiger charge is -2.11. The number of hydrogen-bond donors (Lipinski definition) is 2. The Morgan fingerprint density at radius 3 is 2.35 bits per heavy atom. The van der Waals surface area contributed by atoms with E-state index in [0.29, 0.717) is 21.7 Å². The molecule has 0 aliphatic rings. The van der Waals surface area contributed by atoms with Crippen LogP contribution in [0, 0.1) is 10.1 Å². The Kier molecular flexibility index (Phi) is 6.81. The molecule has 1 amide bonds. The third kappa shape index (κ3) is 4.85. The number of nitrogens with one attached hydrogen (secondary N) is 2. The molecular weight excluding hydrogens is 474 g/mol. The first kappa shape index (κ1) is 20.0. The molecule has 0 aliphatic carbocycles. The van der Waals surface area contributed by atoms with Gasteiger partial charge in [0.1, 0.15) is 17.2 Å². The van der Waals surface area contributed by atoms with Gasteiger partial charge < -0.3 is 20.1 Å². The fourth-order valence-electron chi connectivity index (χ4n) is 2.10. The molecule has 0 atom stereocenters. The minimum absolute atomic E-state index is 0.0699. The van der Waals surface area contributed by atoms with Crippen molar-refractivity contribution in [3.05, 3.63) is 49.4 Å². The van der Waals surface area contributed by atoms with Crippen molar-refractivity contribution < 1.29 is 19.2 Å². The van der Waals surface area contributed by atoms with E-state index in [4.69, 9.17) is 9.47 Å². The molecular formula is C16H15Br2N3O5. The lowest BCUT2D eigenvalue weighted by atomic mass is 10.2. The zero-order chi connectivity index (χ0) is 19.3. The summed E-state index contributed by atoms with van der Waals surface area (Å²) in [5.41, 5.74) is 0.509. The van der Waals surface area contributed by atoms with Gasteiger partial charge in [-0.15, -0.1) is 0 Å². The van der Waals surface area contributed by atoms with Crippen LogP contribution < -0.4 is 20.1 Å². The molecule has 2 N–H and O–H groups in total. The predicted molar refractivity (Wildman–Crippen MR) is 105 cm³/mol. The quantitative estimate of drug-likeness (QED) is 0.447. The van der Waals surface area contributed by atoms with Gasteiger partial charge in [0.2, 0.25) is 5.91 Å². The molecule has 0 aliphatic heterocycles. The number of ether oxygens (including phenoxy) is 2. The summed E-state index contributed by atoms with van der Waals surface area (Å²) in [6.45, 7) is -0.0699. The Labute approximate surface area is 166 Å². The molecule has 10 heteroatoms. The largest absolute Gasteiger partial charge is 0.496 e. The van der Waals surface area contributed by atoms with E-state index in [1.54, 1.807) is 25.3 Å². The van der Waals surface area contributed by atoms with Crippen LogP contribution >= 0.6 is 31.9 Å². The number of halogens is 2. The van der Waals surface area contributed by atoms with Gasteiger partial charge in [-0.25, -0.2) is 0 Å². The molecule has 2 aromatic carbocycles. The zero-order valence-corrected chi connectivity index (χ0v) is 17.0. The second-order valence-electron chi connectivity index (χ2n) is 5.01. The monoisotopic (exact) mass is 487 g/mol. The number of anilines is 2. The Morgan fingerprint density at radius 2 is 1.77 bits per heavy atom. The average Bonchev–Trinajstić information content (AvgIpc) is 2.60. The molecule has 26 heavy (non-hydrogen) atoms. The number of rotatable bonds is 7.